The number of hydrogen-bond acceptors (Lipinski definition) is 4. The van der Waals surface area contributed by atoms with Gasteiger partial charge in [0.05, 0.1) is 5.75 Å². The first kappa shape index (κ1) is 17.8. The molecule has 0 saturated carbocycles. The maximum atomic E-state index is 12.2. The molecule has 0 aliphatic heterocycles. The monoisotopic (exact) mass is 352 g/mol. The van der Waals surface area contributed by atoms with Crippen molar-refractivity contribution in [3.05, 3.63) is 34.6 Å². The van der Waals surface area contributed by atoms with Gasteiger partial charge in [-0.15, -0.1) is 10.2 Å². The molecule has 0 bridgehead atoms. The van der Waals surface area contributed by atoms with E-state index in [9.17, 15) is 4.79 Å². The molecule has 1 N–H and O–H groups in total. The molecule has 1 amide bonds. The molecule has 1 aromatic carbocycles. The summed E-state index contributed by atoms with van der Waals surface area (Å²) in [4.78, 5) is 12.2. The van der Waals surface area contributed by atoms with E-state index in [2.05, 4.69) is 33.9 Å². The molecule has 0 saturated heterocycles. The number of hydrogen-bond donors (Lipinski definition) is 1. The van der Waals surface area contributed by atoms with E-state index >= 15 is 0 Å². The van der Waals surface area contributed by atoms with Gasteiger partial charge in [0.1, 0.15) is 5.82 Å². The van der Waals surface area contributed by atoms with Crippen LogP contribution in [0.15, 0.2) is 23.4 Å². The van der Waals surface area contributed by atoms with E-state index in [1.807, 2.05) is 19.1 Å². The minimum absolute atomic E-state index is 0.0792. The maximum Gasteiger partial charge on any atom is 0.234 e. The Bertz CT molecular complexity index is 687. The predicted octanol–water partition coefficient (Wildman–Crippen LogP) is 3.94. The van der Waals surface area contributed by atoms with Gasteiger partial charge in [-0.05, 0) is 31.0 Å². The van der Waals surface area contributed by atoms with Crippen molar-refractivity contribution in [1.82, 2.24) is 14.8 Å². The fourth-order valence-electron chi connectivity index (χ4n) is 2.19. The van der Waals surface area contributed by atoms with Gasteiger partial charge in [-0.25, -0.2) is 0 Å². The SMILES string of the molecule is CCCn1c(CC)nnc1SCC(=O)Nc1cccc(Cl)c1C. The molecule has 0 radical (unpaired) electrons. The van der Waals surface area contributed by atoms with Crippen LogP contribution in [0.25, 0.3) is 0 Å². The summed E-state index contributed by atoms with van der Waals surface area (Å²) in [6.07, 6.45) is 1.84. The van der Waals surface area contributed by atoms with Crippen molar-refractivity contribution < 1.29 is 4.79 Å². The smallest absolute Gasteiger partial charge is 0.234 e. The number of carbonyl (C=O) groups is 1. The summed E-state index contributed by atoms with van der Waals surface area (Å²) < 4.78 is 2.09. The maximum absolute atomic E-state index is 12.2. The van der Waals surface area contributed by atoms with Crippen LogP contribution >= 0.6 is 23.4 Å². The lowest BCUT2D eigenvalue weighted by Crippen LogP contribution is -2.15. The lowest BCUT2D eigenvalue weighted by Gasteiger charge is -2.10. The van der Waals surface area contributed by atoms with Crippen molar-refractivity contribution in [3.63, 3.8) is 0 Å². The minimum atomic E-state index is -0.0792. The lowest BCUT2D eigenvalue weighted by atomic mass is 10.2. The Labute approximate surface area is 145 Å². The number of rotatable bonds is 7. The van der Waals surface area contributed by atoms with Crippen LogP contribution < -0.4 is 5.32 Å². The van der Waals surface area contributed by atoms with Crippen molar-refractivity contribution in [2.75, 3.05) is 11.1 Å². The Hall–Kier alpha value is -1.53. The van der Waals surface area contributed by atoms with Crippen LogP contribution in [0.4, 0.5) is 5.69 Å². The molecular formula is C16H21ClN4OS. The second kappa shape index (κ2) is 8.36. The first-order chi connectivity index (χ1) is 11.1. The van der Waals surface area contributed by atoms with E-state index in [1.165, 1.54) is 11.8 Å². The van der Waals surface area contributed by atoms with E-state index in [4.69, 9.17) is 11.6 Å². The summed E-state index contributed by atoms with van der Waals surface area (Å²) in [5.74, 6) is 1.17. The van der Waals surface area contributed by atoms with Gasteiger partial charge in [-0.1, -0.05) is 43.3 Å². The summed E-state index contributed by atoms with van der Waals surface area (Å²) >= 11 is 7.47. The van der Waals surface area contributed by atoms with E-state index in [-0.39, 0.29) is 11.7 Å². The molecule has 0 atom stereocenters. The second-order valence-corrected chi connectivity index (χ2v) is 6.50. The third-order valence-electron chi connectivity index (χ3n) is 3.43. The summed E-state index contributed by atoms with van der Waals surface area (Å²) in [7, 11) is 0. The average Bonchev–Trinajstić information content (AvgIpc) is 2.92. The molecule has 2 aromatic rings. The molecule has 124 valence electrons. The van der Waals surface area contributed by atoms with Crippen LogP contribution in [0.5, 0.6) is 0 Å². The van der Waals surface area contributed by atoms with Gasteiger partial charge in [0.2, 0.25) is 5.91 Å². The zero-order chi connectivity index (χ0) is 16.8. The molecule has 7 heteroatoms. The first-order valence-corrected chi connectivity index (χ1v) is 9.03. The average molecular weight is 353 g/mol. The fourth-order valence-corrected chi connectivity index (χ4v) is 3.15. The van der Waals surface area contributed by atoms with E-state index in [1.54, 1.807) is 6.07 Å². The fraction of sp³-hybridized carbons (Fsp3) is 0.438. The summed E-state index contributed by atoms with van der Waals surface area (Å²) in [6, 6.07) is 5.48. The largest absolute Gasteiger partial charge is 0.325 e. The molecule has 0 aliphatic rings. The van der Waals surface area contributed by atoms with E-state index < -0.39 is 0 Å². The highest BCUT2D eigenvalue weighted by atomic mass is 35.5. The standard InChI is InChI=1S/C16H21ClN4OS/c1-4-9-21-14(5-2)19-20-16(21)23-10-15(22)18-13-8-6-7-12(17)11(13)3/h6-8H,4-5,9-10H2,1-3H3,(H,18,22). The van der Waals surface area contributed by atoms with Gasteiger partial charge in [0.25, 0.3) is 0 Å². The zero-order valence-corrected chi connectivity index (χ0v) is 15.2. The molecule has 0 unspecified atom stereocenters. The molecule has 2 rings (SSSR count). The Morgan fingerprint density at radius 1 is 1.35 bits per heavy atom. The molecule has 0 fully saturated rings. The molecule has 0 spiro atoms. The van der Waals surface area contributed by atoms with Crippen LogP contribution in [-0.2, 0) is 17.8 Å². The van der Waals surface area contributed by atoms with Crippen molar-refractivity contribution >= 4 is 35.0 Å². The summed E-state index contributed by atoms with van der Waals surface area (Å²) in [5.41, 5.74) is 1.61. The van der Waals surface area contributed by atoms with Crippen LogP contribution in [0.1, 0.15) is 31.7 Å². The molecule has 0 aliphatic carbocycles. The van der Waals surface area contributed by atoms with Gasteiger partial charge in [0, 0.05) is 23.7 Å². The summed E-state index contributed by atoms with van der Waals surface area (Å²) in [5, 5.41) is 12.7. The highest BCUT2D eigenvalue weighted by Crippen LogP contribution is 2.24. The van der Waals surface area contributed by atoms with Gasteiger partial charge in [-0.2, -0.15) is 0 Å². The number of thioether (sulfide) groups is 1. The van der Waals surface area contributed by atoms with Crippen molar-refractivity contribution in [3.8, 4) is 0 Å². The van der Waals surface area contributed by atoms with Crippen LogP contribution in [0, 0.1) is 6.92 Å². The molecule has 1 heterocycles. The van der Waals surface area contributed by atoms with E-state index in [0.717, 1.165) is 41.6 Å². The number of nitrogens with zero attached hydrogens (tertiary/aromatic N) is 3. The quantitative estimate of drug-likeness (QED) is 0.766. The predicted molar refractivity (Wildman–Crippen MR) is 95.2 cm³/mol. The first-order valence-electron chi connectivity index (χ1n) is 7.66. The van der Waals surface area contributed by atoms with E-state index in [0.29, 0.717) is 5.02 Å². The van der Waals surface area contributed by atoms with Crippen molar-refractivity contribution in [2.45, 2.75) is 45.3 Å². The Morgan fingerprint density at radius 2 is 2.13 bits per heavy atom. The normalized spacial score (nSPS) is 10.8. The summed E-state index contributed by atoms with van der Waals surface area (Å²) in [6.45, 7) is 6.92. The van der Waals surface area contributed by atoms with Gasteiger partial charge in [0.15, 0.2) is 5.16 Å². The Morgan fingerprint density at radius 3 is 2.83 bits per heavy atom. The molecular weight excluding hydrogens is 332 g/mol. The highest BCUT2D eigenvalue weighted by molar-refractivity contribution is 7.99. The zero-order valence-electron chi connectivity index (χ0n) is 13.6. The number of amides is 1. The van der Waals surface area contributed by atoms with Gasteiger partial charge < -0.3 is 9.88 Å². The van der Waals surface area contributed by atoms with Crippen LogP contribution in [-0.4, -0.2) is 26.4 Å². The molecule has 1 aromatic heterocycles. The third-order valence-corrected chi connectivity index (χ3v) is 4.81. The Balaban J connectivity index is 1.99. The second-order valence-electron chi connectivity index (χ2n) is 5.15. The number of aromatic nitrogens is 3. The third kappa shape index (κ3) is 4.48. The van der Waals surface area contributed by atoms with Crippen LogP contribution in [0.3, 0.4) is 0 Å². The number of nitrogens with one attached hydrogen (secondary N) is 1. The number of aryl methyl sites for hydroxylation is 1. The van der Waals surface area contributed by atoms with Crippen molar-refractivity contribution in [1.29, 1.82) is 0 Å². The van der Waals surface area contributed by atoms with Crippen LogP contribution in [0.2, 0.25) is 5.02 Å². The number of anilines is 1. The number of halogens is 1. The van der Waals surface area contributed by atoms with Crippen molar-refractivity contribution in [2.24, 2.45) is 0 Å². The highest BCUT2D eigenvalue weighted by Gasteiger charge is 2.13. The molecule has 5 nitrogen and oxygen atoms in total. The lowest BCUT2D eigenvalue weighted by molar-refractivity contribution is -0.113. The number of carbonyl (C=O) groups excluding carboxylic acids is 1. The minimum Gasteiger partial charge on any atom is -0.325 e. The number of benzene rings is 1. The topological polar surface area (TPSA) is 59.8 Å². The molecule has 23 heavy (non-hydrogen) atoms. The van der Waals surface area contributed by atoms with Gasteiger partial charge >= 0.3 is 0 Å². The van der Waals surface area contributed by atoms with Gasteiger partial charge in [-0.3, -0.25) is 4.79 Å². The Kier molecular flexibility index (Phi) is 6.47.